The number of ether oxygens (including phenoxy) is 1. The summed E-state index contributed by atoms with van der Waals surface area (Å²) >= 11 is 3.13. The molecule has 0 aliphatic heterocycles. The zero-order chi connectivity index (χ0) is 12.3. The van der Waals surface area contributed by atoms with E-state index < -0.39 is 9.75 Å². The molecule has 0 amide bonds. The van der Waals surface area contributed by atoms with Crippen LogP contribution >= 0.6 is 15.9 Å². The zero-order valence-electron chi connectivity index (χ0n) is 8.77. The molecule has 5 nitrogen and oxygen atoms in total. The van der Waals surface area contributed by atoms with E-state index in [1.165, 1.54) is 25.3 Å². The molecule has 0 saturated heterocycles. The standard InChI is InChI=1S/C10H10BrNO4/c1-6(11)10(13)8-5-7(12(14)15)3-4-9(8)16-2/h3-6H,1-2H3. The van der Waals surface area contributed by atoms with Gasteiger partial charge < -0.3 is 4.74 Å². The summed E-state index contributed by atoms with van der Waals surface area (Å²) in [6, 6.07) is 3.94. The number of hydrogen-bond donors (Lipinski definition) is 0. The first-order valence-corrected chi connectivity index (χ1v) is 5.39. The van der Waals surface area contributed by atoms with Gasteiger partial charge in [0.05, 0.1) is 22.4 Å². The topological polar surface area (TPSA) is 69.4 Å². The van der Waals surface area contributed by atoms with Gasteiger partial charge in [-0.3, -0.25) is 14.9 Å². The number of halogens is 1. The predicted molar refractivity (Wildman–Crippen MR) is 62.4 cm³/mol. The second-order valence-electron chi connectivity index (χ2n) is 3.12. The molecule has 1 atom stereocenters. The minimum absolute atomic E-state index is 0.127. The Morgan fingerprint density at radius 2 is 2.19 bits per heavy atom. The molecule has 0 N–H and O–H groups in total. The Balaban J connectivity index is 3.27. The van der Waals surface area contributed by atoms with Crippen LogP contribution in [0.5, 0.6) is 5.75 Å². The molecule has 0 fully saturated rings. The molecule has 1 aromatic carbocycles. The van der Waals surface area contributed by atoms with Gasteiger partial charge in [0, 0.05) is 12.1 Å². The number of nitro groups is 1. The fourth-order valence-electron chi connectivity index (χ4n) is 1.22. The number of carbonyl (C=O) groups excluding carboxylic acids is 1. The minimum Gasteiger partial charge on any atom is -0.496 e. The molecule has 1 aromatic rings. The monoisotopic (exact) mass is 287 g/mol. The highest BCUT2D eigenvalue weighted by Crippen LogP contribution is 2.26. The number of alkyl halides is 1. The first kappa shape index (κ1) is 12.6. The molecule has 16 heavy (non-hydrogen) atoms. The first-order chi connectivity index (χ1) is 7.47. The number of ketones is 1. The van der Waals surface area contributed by atoms with Crippen molar-refractivity contribution in [3.05, 3.63) is 33.9 Å². The maximum absolute atomic E-state index is 11.7. The number of non-ortho nitro benzene ring substituents is 1. The van der Waals surface area contributed by atoms with Gasteiger partial charge in [0.15, 0.2) is 5.78 Å². The molecule has 0 heterocycles. The summed E-state index contributed by atoms with van der Waals surface area (Å²) in [4.78, 5) is 21.4. The summed E-state index contributed by atoms with van der Waals surface area (Å²) < 4.78 is 4.99. The summed E-state index contributed by atoms with van der Waals surface area (Å²) in [5.41, 5.74) is 0.0818. The molecule has 1 unspecified atom stereocenters. The van der Waals surface area contributed by atoms with Crippen LogP contribution in [0.4, 0.5) is 5.69 Å². The Hall–Kier alpha value is -1.43. The largest absolute Gasteiger partial charge is 0.496 e. The average Bonchev–Trinajstić information content (AvgIpc) is 2.26. The Bertz CT molecular complexity index is 431. The van der Waals surface area contributed by atoms with Crippen molar-refractivity contribution in [2.45, 2.75) is 11.8 Å². The smallest absolute Gasteiger partial charge is 0.270 e. The minimum atomic E-state index is -0.547. The van der Waals surface area contributed by atoms with Gasteiger partial charge in [0.1, 0.15) is 5.75 Å². The Morgan fingerprint density at radius 3 is 2.62 bits per heavy atom. The highest BCUT2D eigenvalue weighted by molar-refractivity contribution is 9.10. The highest BCUT2D eigenvalue weighted by atomic mass is 79.9. The van der Waals surface area contributed by atoms with Crippen LogP contribution in [0.3, 0.4) is 0 Å². The van der Waals surface area contributed by atoms with Crippen LogP contribution in [-0.2, 0) is 0 Å². The Kier molecular flexibility index (Phi) is 4.00. The summed E-state index contributed by atoms with van der Waals surface area (Å²) in [5, 5.41) is 10.6. The van der Waals surface area contributed by atoms with Crippen LogP contribution in [0.1, 0.15) is 17.3 Å². The van der Waals surface area contributed by atoms with Crippen molar-refractivity contribution in [1.29, 1.82) is 0 Å². The van der Waals surface area contributed by atoms with Gasteiger partial charge >= 0.3 is 0 Å². The number of hydrogen-bond acceptors (Lipinski definition) is 4. The van der Waals surface area contributed by atoms with Gasteiger partial charge in [0.25, 0.3) is 5.69 Å². The lowest BCUT2D eigenvalue weighted by atomic mass is 10.1. The number of nitrogens with zero attached hydrogens (tertiary/aromatic N) is 1. The average molecular weight is 288 g/mol. The lowest BCUT2D eigenvalue weighted by Gasteiger charge is -2.08. The van der Waals surface area contributed by atoms with Crippen molar-refractivity contribution in [3.8, 4) is 5.75 Å². The molecule has 6 heteroatoms. The summed E-state index contributed by atoms with van der Waals surface area (Å²) in [7, 11) is 1.41. The van der Waals surface area contributed by atoms with Crippen molar-refractivity contribution in [2.24, 2.45) is 0 Å². The SMILES string of the molecule is COc1ccc([N+](=O)[O-])cc1C(=O)C(C)Br. The van der Waals surface area contributed by atoms with E-state index >= 15 is 0 Å². The number of benzene rings is 1. The maximum atomic E-state index is 11.7. The molecule has 0 aliphatic carbocycles. The lowest BCUT2D eigenvalue weighted by Crippen LogP contribution is -2.11. The van der Waals surface area contributed by atoms with E-state index in [1.807, 2.05) is 0 Å². The fraction of sp³-hybridized carbons (Fsp3) is 0.300. The van der Waals surface area contributed by atoms with Crippen LogP contribution in [-0.4, -0.2) is 22.6 Å². The molecular weight excluding hydrogens is 278 g/mol. The molecular formula is C10H10BrNO4. The van der Waals surface area contributed by atoms with Gasteiger partial charge in [-0.25, -0.2) is 0 Å². The number of methoxy groups -OCH3 is 1. The van der Waals surface area contributed by atoms with Crippen LogP contribution < -0.4 is 4.74 Å². The van der Waals surface area contributed by atoms with Gasteiger partial charge in [-0.1, -0.05) is 15.9 Å². The third-order valence-corrected chi connectivity index (χ3v) is 2.44. The van der Waals surface area contributed by atoms with E-state index in [0.717, 1.165) is 0 Å². The van der Waals surface area contributed by atoms with Gasteiger partial charge in [0.2, 0.25) is 0 Å². The van der Waals surface area contributed by atoms with Crippen LogP contribution in [0.25, 0.3) is 0 Å². The number of nitro benzene ring substituents is 1. The van der Waals surface area contributed by atoms with Crippen molar-refractivity contribution in [2.75, 3.05) is 7.11 Å². The second-order valence-corrected chi connectivity index (χ2v) is 4.50. The van der Waals surface area contributed by atoms with Crippen LogP contribution in [0.15, 0.2) is 18.2 Å². The summed E-state index contributed by atoms with van der Waals surface area (Å²) in [6.07, 6.45) is 0. The molecule has 86 valence electrons. The van der Waals surface area contributed by atoms with Gasteiger partial charge in [-0.2, -0.15) is 0 Å². The Morgan fingerprint density at radius 1 is 1.56 bits per heavy atom. The molecule has 1 rings (SSSR count). The highest BCUT2D eigenvalue weighted by Gasteiger charge is 2.20. The molecule has 0 aromatic heterocycles. The lowest BCUT2D eigenvalue weighted by molar-refractivity contribution is -0.384. The maximum Gasteiger partial charge on any atom is 0.270 e. The number of rotatable bonds is 4. The summed E-state index contributed by atoms with van der Waals surface area (Å²) in [5.74, 6) is 0.0856. The van der Waals surface area contributed by atoms with Crippen molar-refractivity contribution in [1.82, 2.24) is 0 Å². The molecule has 0 saturated carbocycles. The molecule has 0 spiro atoms. The van der Waals surface area contributed by atoms with Crippen molar-refractivity contribution < 1.29 is 14.5 Å². The number of Topliss-reactive ketones (excluding diaryl/α,β-unsaturated/α-hetero) is 1. The zero-order valence-corrected chi connectivity index (χ0v) is 10.4. The van der Waals surface area contributed by atoms with E-state index in [0.29, 0.717) is 5.75 Å². The first-order valence-electron chi connectivity index (χ1n) is 4.48. The van der Waals surface area contributed by atoms with Crippen LogP contribution in [0.2, 0.25) is 0 Å². The summed E-state index contributed by atoms with van der Waals surface area (Å²) in [6.45, 7) is 1.65. The quantitative estimate of drug-likeness (QED) is 0.369. The van der Waals surface area contributed by atoms with Gasteiger partial charge in [-0.05, 0) is 13.0 Å². The van der Waals surface area contributed by atoms with Crippen molar-refractivity contribution >= 4 is 27.4 Å². The third-order valence-electron chi connectivity index (χ3n) is 2.02. The van der Waals surface area contributed by atoms with E-state index in [2.05, 4.69) is 15.9 Å². The predicted octanol–water partition coefficient (Wildman–Crippen LogP) is 2.57. The van der Waals surface area contributed by atoms with E-state index in [9.17, 15) is 14.9 Å². The van der Waals surface area contributed by atoms with E-state index in [4.69, 9.17) is 4.74 Å². The second kappa shape index (κ2) is 5.07. The molecule has 0 radical (unpaired) electrons. The van der Waals surface area contributed by atoms with E-state index in [-0.39, 0.29) is 17.0 Å². The molecule has 0 aliphatic rings. The number of carbonyl (C=O) groups is 1. The van der Waals surface area contributed by atoms with Crippen LogP contribution in [0, 0.1) is 10.1 Å². The Labute approximate surface area is 101 Å². The van der Waals surface area contributed by atoms with E-state index in [1.54, 1.807) is 6.92 Å². The third kappa shape index (κ3) is 2.57. The van der Waals surface area contributed by atoms with Gasteiger partial charge in [-0.15, -0.1) is 0 Å². The molecule has 0 bridgehead atoms. The van der Waals surface area contributed by atoms with Crippen molar-refractivity contribution in [3.63, 3.8) is 0 Å². The normalized spacial score (nSPS) is 11.9. The fourth-order valence-corrected chi connectivity index (χ4v) is 1.46.